The molecule has 0 radical (unpaired) electrons. The predicted molar refractivity (Wildman–Crippen MR) is 95.7 cm³/mol. The summed E-state index contributed by atoms with van der Waals surface area (Å²) in [5.74, 6) is 0.693. The van der Waals surface area contributed by atoms with Gasteiger partial charge in [0.25, 0.3) is 10.0 Å². The largest absolute Gasteiger partial charge is 0.339 e. The van der Waals surface area contributed by atoms with Crippen LogP contribution in [-0.4, -0.2) is 27.0 Å². The van der Waals surface area contributed by atoms with Crippen LogP contribution in [0.2, 0.25) is 0 Å². The number of aromatic nitrogens is 2. The third-order valence-electron chi connectivity index (χ3n) is 3.34. The second-order valence-corrected chi connectivity index (χ2v) is 9.81. The van der Waals surface area contributed by atoms with Crippen LogP contribution in [0.15, 0.2) is 44.6 Å². The molecule has 0 saturated carbocycles. The Kier molecular flexibility index (Phi) is 4.60. The smallest absolute Gasteiger partial charge is 0.263 e. The summed E-state index contributed by atoms with van der Waals surface area (Å²) < 4.78 is 55.1. The highest BCUT2D eigenvalue weighted by Gasteiger charge is 2.22. The average molecular weight is 414 g/mol. The van der Waals surface area contributed by atoms with E-state index in [0.29, 0.717) is 21.5 Å². The lowest BCUT2D eigenvalue weighted by molar-refractivity contribution is 0.394. The SMILES string of the molecule is Cc1nc(-c2cc(S(=O)(=O)Nc3ccc(S(N)(=O)=O)cc3)c(C)s2)no1. The van der Waals surface area contributed by atoms with E-state index in [9.17, 15) is 16.8 Å². The number of nitrogens with zero attached hydrogens (tertiary/aromatic N) is 2. The van der Waals surface area contributed by atoms with E-state index < -0.39 is 20.0 Å². The highest BCUT2D eigenvalue weighted by molar-refractivity contribution is 7.93. The molecule has 0 aliphatic rings. The first-order valence-electron chi connectivity index (χ1n) is 7.13. The van der Waals surface area contributed by atoms with Crippen molar-refractivity contribution in [1.29, 1.82) is 0 Å². The molecule has 9 nitrogen and oxygen atoms in total. The standard InChI is InChI=1S/C14H14N4O5S3/c1-8-13(7-12(24-8)14-16-9(2)23-17-14)26(21,22)18-10-3-5-11(6-4-10)25(15,19)20/h3-7,18H,1-2H3,(H2,15,19,20). The molecule has 2 aromatic heterocycles. The summed E-state index contributed by atoms with van der Waals surface area (Å²) in [5.41, 5.74) is 0.208. The molecule has 3 rings (SSSR count). The van der Waals surface area contributed by atoms with Crippen LogP contribution in [0, 0.1) is 13.8 Å². The van der Waals surface area contributed by atoms with Gasteiger partial charge in [0, 0.05) is 17.5 Å². The topological polar surface area (TPSA) is 145 Å². The number of benzene rings is 1. The fourth-order valence-electron chi connectivity index (χ4n) is 2.16. The number of anilines is 1. The van der Waals surface area contributed by atoms with Gasteiger partial charge in [-0.15, -0.1) is 11.3 Å². The maximum atomic E-state index is 12.6. The molecule has 0 aliphatic carbocycles. The Hall–Kier alpha value is -2.28. The molecule has 0 fully saturated rings. The maximum absolute atomic E-state index is 12.6. The number of thiophene rings is 1. The average Bonchev–Trinajstić information content (AvgIpc) is 3.13. The number of rotatable bonds is 5. The van der Waals surface area contributed by atoms with E-state index in [1.54, 1.807) is 13.8 Å². The molecular formula is C14H14N4O5S3. The fourth-order valence-corrected chi connectivity index (χ4v) is 5.26. The summed E-state index contributed by atoms with van der Waals surface area (Å²) in [7, 11) is -7.72. The van der Waals surface area contributed by atoms with Crippen molar-refractivity contribution in [3.05, 3.63) is 41.1 Å². The van der Waals surface area contributed by atoms with E-state index in [4.69, 9.17) is 9.66 Å². The minimum Gasteiger partial charge on any atom is -0.339 e. The van der Waals surface area contributed by atoms with Gasteiger partial charge in [-0.05, 0) is 37.3 Å². The van der Waals surface area contributed by atoms with E-state index >= 15 is 0 Å². The maximum Gasteiger partial charge on any atom is 0.263 e. The van der Waals surface area contributed by atoms with Crippen molar-refractivity contribution in [1.82, 2.24) is 10.1 Å². The molecule has 12 heteroatoms. The zero-order valence-corrected chi connectivity index (χ0v) is 16.1. The van der Waals surface area contributed by atoms with Crippen molar-refractivity contribution in [2.24, 2.45) is 5.14 Å². The van der Waals surface area contributed by atoms with Crippen LogP contribution < -0.4 is 9.86 Å². The molecule has 3 N–H and O–H groups in total. The molecule has 26 heavy (non-hydrogen) atoms. The first-order valence-corrected chi connectivity index (χ1v) is 11.0. The molecule has 1 aromatic carbocycles. The normalized spacial score (nSPS) is 12.3. The molecule has 0 atom stereocenters. The summed E-state index contributed by atoms with van der Waals surface area (Å²) in [5, 5.41) is 8.80. The van der Waals surface area contributed by atoms with Gasteiger partial charge in [-0.3, -0.25) is 4.72 Å². The van der Waals surface area contributed by atoms with Gasteiger partial charge < -0.3 is 4.52 Å². The number of primary sulfonamides is 1. The minimum atomic E-state index is -3.88. The lowest BCUT2D eigenvalue weighted by atomic mass is 10.3. The Morgan fingerprint density at radius 1 is 1.12 bits per heavy atom. The number of hydrogen-bond donors (Lipinski definition) is 2. The van der Waals surface area contributed by atoms with Crippen LogP contribution in [0.5, 0.6) is 0 Å². The van der Waals surface area contributed by atoms with Gasteiger partial charge in [0.2, 0.25) is 21.7 Å². The molecule has 0 spiro atoms. The van der Waals surface area contributed by atoms with E-state index in [1.165, 1.54) is 41.7 Å². The van der Waals surface area contributed by atoms with Crippen molar-refractivity contribution < 1.29 is 21.4 Å². The summed E-state index contributed by atoms with van der Waals surface area (Å²) in [4.78, 5) is 5.16. The first kappa shape index (κ1) is 18.5. The third kappa shape index (κ3) is 3.77. The second-order valence-electron chi connectivity index (χ2n) is 5.34. The van der Waals surface area contributed by atoms with Gasteiger partial charge in [0.1, 0.15) is 4.90 Å². The third-order valence-corrected chi connectivity index (χ3v) is 6.96. The molecule has 3 aromatic rings. The summed E-state index contributed by atoms with van der Waals surface area (Å²) in [6, 6.07) is 6.55. The predicted octanol–water partition coefficient (Wildman–Crippen LogP) is 1.86. The summed E-state index contributed by atoms with van der Waals surface area (Å²) in [6.45, 7) is 3.31. The Labute approximate surface area is 154 Å². The first-order chi connectivity index (χ1) is 12.1. The van der Waals surface area contributed by atoms with E-state index in [2.05, 4.69) is 14.9 Å². The van der Waals surface area contributed by atoms with E-state index in [1.807, 2.05) is 0 Å². The second kappa shape index (κ2) is 6.46. The highest BCUT2D eigenvalue weighted by Crippen LogP contribution is 2.33. The van der Waals surface area contributed by atoms with E-state index in [0.717, 1.165) is 0 Å². The monoisotopic (exact) mass is 414 g/mol. The van der Waals surface area contributed by atoms with Crippen LogP contribution in [0.3, 0.4) is 0 Å². The number of sulfonamides is 2. The highest BCUT2D eigenvalue weighted by atomic mass is 32.2. The van der Waals surface area contributed by atoms with Crippen molar-refractivity contribution in [2.75, 3.05) is 4.72 Å². The van der Waals surface area contributed by atoms with Gasteiger partial charge >= 0.3 is 0 Å². The Morgan fingerprint density at radius 2 is 1.77 bits per heavy atom. The lowest BCUT2D eigenvalue weighted by Gasteiger charge is -2.08. The number of aryl methyl sites for hydroxylation is 2. The number of hydrogen-bond acceptors (Lipinski definition) is 8. The van der Waals surface area contributed by atoms with Crippen LogP contribution in [0.25, 0.3) is 10.7 Å². The van der Waals surface area contributed by atoms with Crippen molar-refractivity contribution >= 4 is 37.1 Å². The fraction of sp³-hybridized carbons (Fsp3) is 0.143. The molecule has 2 heterocycles. The number of nitrogens with one attached hydrogen (secondary N) is 1. The zero-order chi connectivity index (χ0) is 19.1. The summed E-state index contributed by atoms with van der Waals surface area (Å²) in [6.07, 6.45) is 0. The van der Waals surface area contributed by atoms with Crippen LogP contribution in [0.4, 0.5) is 5.69 Å². The zero-order valence-electron chi connectivity index (χ0n) is 13.6. The van der Waals surface area contributed by atoms with Crippen molar-refractivity contribution in [2.45, 2.75) is 23.6 Å². The van der Waals surface area contributed by atoms with Crippen molar-refractivity contribution in [3.8, 4) is 10.7 Å². The molecular weight excluding hydrogens is 400 g/mol. The Balaban J connectivity index is 1.90. The van der Waals surface area contributed by atoms with Gasteiger partial charge in [0.15, 0.2) is 0 Å². The van der Waals surface area contributed by atoms with Gasteiger partial charge in [-0.2, -0.15) is 4.98 Å². The van der Waals surface area contributed by atoms with Gasteiger partial charge in [0.05, 0.1) is 9.77 Å². The van der Waals surface area contributed by atoms with Gasteiger partial charge in [-0.25, -0.2) is 22.0 Å². The number of nitrogens with two attached hydrogens (primary N) is 1. The van der Waals surface area contributed by atoms with Crippen LogP contribution in [0.1, 0.15) is 10.8 Å². The van der Waals surface area contributed by atoms with Crippen molar-refractivity contribution in [3.63, 3.8) is 0 Å². The molecule has 0 aliphatic heterocycles. The molecule has 0 amide bonds. The van der Waals surface area contributed by atoms with Crippen LogP contribution in [-0.2, 0) is 20.0 Å². The Morgan fingerprint density at radius 3 is 2.31 bits per heavy atom. The van der Waals surface area contributed by atoms with E-state index in [-0.39, 0.29) is 15.5 Å². The quantitative estimate of drug-likeness (QED) is 0.648. The minimum absolute atomic E-state index is 0.0791. The summed E-state index contributed by atoms with van der Waals surface area (Å²) >= 11 is 1.22. The molecule has 0 bridgehead atoms. The molecule has 0 unspecified atom stereocenters. The lowest BCUT2D eigenvalue weighted by Crippen LogP contribution is -2.14. The van der Waals surface area contributed by atoms with Crippen LogP contribution >= 0.6 is 11.3 Å². The van der Waals surface area contributed by atoms with Gasteiger partial charge in [-0.1, -0.05) is 5.16 Å². The Bertz CT molecular complexity index is 1160. The molecule has 0 saturated heterocycles. The molecule has 138 valence electrons.